The summed E-state index contributed by atoms with van der Waals surface area (Å²) in [6, 6.07) is 6.35. The number of halogens is 1. The number of carboxylic acid groups (broad SMARTS) is 1. The van der Waals surface area contributed by atoms with Gasteiger partial charge in [0.25, 0.3) is 0 Å². The van der Waals surface area contributed by atoms with Crippen LogP contribution in [0.2, 0.25) is 5.02 Å². The van der Waals surface area contributed by atoms with E-state index < -0.39 is 17.6 Å². The summed E-state index contributed by atoms with van der Waals surface area (Å²) in [5, 5.41) is 12.8. The third-order valence-electron chi connectivity index (χ3n) is 4.43. The van der Waals surface area contributed by atoms with Gasteiger partial charge >= 0.3 is 5.97 Å². The lowest BCUT2D eigenvalue weighted by Crippen LogP contribution is -2.51. The zero-order valence-electron chi connectivity index (χ0n) is 13.7. The van der Waals surface area contributed by atoms with Crippen molar-refractivity contribution >= 4 is 29.4 Å². The van der Waals surface area contributed by atoms with Gasteiger partial charge in [0.1, 0.15) is 5.54 Å². The molecule has 2 amide bonds. The minimum Gasteiger partial charge on any atom is -0.480 e. The Balaban J connectivity index is 2.20. The predicted octanol–water partition coefficient (Wildman–Crippen LogP) is 2.37. The SMILES string of the molecule is CC(=O)NC(CC(=O)N1CCCC1(C)C(=O)O)c1ccc(Cl)cc1. The van der Waals surface area contributed by atoms with E-state index in [-0.39, 0.29) is 18.2 Å². The lowest BCUT2D eigenvalue weighted by molar-refractivity contribution is -0.155. The number of amides is 2. The molecule has 0 radical (unpaired) electrons. The summed E-state index contributed by atoms with van der Waals surface area (Å²) >= 11 is 5.88. The van der Waals surface area contributed by atoms with Gasteiger partial charge in [0.2, 0.25) is 11.8 Å². The largest absolute Gasteiger partial charge is 0.480 e. The van der Waals surface area contributed by atoms with Crippen LogP contribution in [0.25, 0.3) is 0 Å². The molecule has 1 saturated heterocycles. The fraction of sp³-hybridized carbons (Fsp3) is 0.471. The van der Waals surface area contributed by atoms with Crippen LogP contribution < -0.4 is 5.32 Å². The van der Waals surface area contributed by atoms with Gasteiger partial charge in [-0.25, -0.2) is 4.79 Å². The Labute approximate surface area is 145 Å². The number of nitrogens with zero attached hydrogens (tertiary/aromatic N) is 1. The molecule has 1 aromatic carbocycles. The van der Waals surface area contributed by atoms with Crippen molar-refractivity contribution in [3.05, 3.63) is 34.9 Å². The van der Waals surface area contributed by atoms with Crippen molar-refractivity contribution < 1.29 is 19.5 Å². The van der Waals surface area contributed by atoms with Crippen molar-refractivity contribution in [1.29, 1.82) is 0 Å². The molecule has 130 valence electrons. The average Bonchev–Trinajstić information content (AvgIpc) is 2.90. The summed E-state index contributed by atoms with van der Waals surface area (Å²) in [6.45, 7) is 3.36. The smallest absolute Gasteiger partial charge is 0.329 e. The minimum atomic E-state index is -1.18. The van der Waals surface area contributed by atoms with Gasteiger partial charge in [-0.3, -0.25) is 9.59 Å². The first-order valence-corrected chi connectivity index (χ1v) is 8.18. The average molecular weight is 353 g/mol. The summed E-state index contributed by atoms with van der Waals surface area (Å²) in [5.41, 5.74) is -0.433. The van der Waals surface area contributed by atoms with Gasteiger partial charge < -0.3 is 15.3 Å². The number of carboxylic acids is 1. The summed E-state index contributed by atoms with van der Waals surface area (Å²) in [7, 11) is 0. The molecule has 0 bridgehead atoms. The predicted molar refractivity (Wildman–Crippen MR) is 89.6 cm³/mol. The Hall–Kier alpha value is -2.08. The van der Waals surface area contributed by atoms with E-state index in [0.29, 0.717) is 24.4 Å². The first-order chi connectivity index (χ1) is 11.2. The molecule has 1 aliphatic rings. The summed E-state index contributed by atoms with van der Waals surface area (Å²) in [6.07, 6.45) is 1.09. The van der Waals surface area contributed by atoms with Crippen molar-refractivity contribution in [3.63, 3.8) is 0 Å². The summed E-state index contributed by atoms with van der Waals surface area (Å²) in [5.74, 6) is -1.55. The van der Waals surface area contributed by atoms with Crippen molar-refractivity contribution in [2.24, 2.45) is 0 Å². The molecular formula is C17H21ClN2O4. The van der Waals surface area contributed by atoms with Crippen LogP contribution in [-0.2, 0) is 14.4 Å². The van der Waals surface area contributed by atoms with Crippen LogP contribution in [0.4, 0.5) is 0 Å². The highest BCUT2D eigenvalue weighted by atomic mass is 35.5. The van der Waals surface area contributed by atoms with Gasteiger partial charge in [0.15, 0.2) is 0 Å². The number of aliphatic carboxylic acids is 1. The van der Waals surface area contributed by atoms with Crippen LogP contribution >= 0.6 is 11.6 Å². The molecule has 2 N–H and O–H groups in total. The molecule has 1 heterocycles. The number of hydrogen-bond donors (Lipinski definition) is 2. The maximum Gasteiger partial charge on any atom is 0.329 e. The van der Waals surface area contributed by atoms with Gasteiger partial charge in [-0.05, 0) is 37.5 Å². The van der Waals surface area contributed by atoms with Gasteiger partial charge in [0.05, 0.1) is 12.5 Å². The van der Waals surface area contributed by atoms with E-state index in [1.165, 1.54) is 11.8 Å². The van der Waals surface area contributed by atoms with Crippen molar-refractivity contribution in [1.82, 2.24) is 10.2 Å². The zero-order chi connectivity index (χ0) is 17.9. The monoisotopic (exact) mass is 352 g/mol. The highest BCUT2D eigenvalue weighted by molar-refractivity contribution is 6.30. The van der Waals surface area contributed by atoms with E-state index in [9.17, 15) is 19.5 Å². The highest BCUT2D eigenvalue weighted by Crippen LogP contribution is 2.31. The van der Waals surface area contributed by atoms with Crippen LogP contribution in [0, 0.1) is 0 Å². The summed E-state index contributed by atoms with van der Waals surface area (Å²) < 4.78 is 0. The van der Waals surface area contributed by atoms with Crippen LogP contribution in [-0.4, -0.2) is 39.9 Å². The standard InChI is InChI=1S/C17H21ClN2O4/c1-11(21)19-14(12-4-6-13(18)7-5-12)10-15(22)20-9-3-8-17(20,2)16(23)24/h4-7,14H,3,8-10H2,1-2H3,(H,19,21)(H,23,24). The number of rotatable bonds is 5. The van der Waals surface area contributed by atoms with E-state index in [2.05, 4.69) is 5.32 Å². The van der Waals surface area contributed by atoms with E-state index >= 15 is 0 Å². The molecular weight excluding hydrogens is 332 g/mol. The van der Waals surface area contributed by atoms with Crippen molar-refractivity contribution in [3.8, 4) is 0 Å². The Bertz CT molecular complexity index is 646. The van der Waals surface area contributed by atoms with Gasteiger partial charge in [-0.2, -0.15) is 0 Å². The molecule has 1 aromatic rings. The topological polar surface area (TPSA) is 86.7 Å². The van der Waals surface area contributed by atoms with E-state index in [0.717, 1.165) is 5.56 Å². The van der Waals surface area contributed by atoms with Gasteiger partial charge in [-0.1, -0.05) is 23.7 Å². The first kappa shape index (κ1) is 18.3. The number of carbonyl (C=O) groups excluding carboxylic acids is 2. The van der Waals surface area contributed by atoms with E-state index in [1.807, 2.05) is 0 Å². The molecule has 24 heavy (non-hydrogen) atoms. The van der Waals surface area contributed by atoms with E-state index in [4.69, 9.17) is 11.6 Å². The molecule has 1 aliphatic heterocycles. The molecule has 0 aliphatic carbocycles. The Morgan fingerprint density at radius 1 is 1.33 bits per heavy atom. The van der Waals surface area contributed by atoms with Crippen LogP contribution in [0.1, 0.15) is 44.7 Å². The fourth-order valence-electron chi connectivity index (χ4n) is 3.06. The maximum absolute atomic E-state index is 12.7. The second kappa shape index (κ2) is 7.21. The normalized spacial score (nSPS) is 21.4. The lowest BCUT2D eigenvalue weighted by atomic mass is 9.97. The van der Waals surface area contributed by atoms with Crippen LogP contribution in [0.3, 0.4) is 0 Å². The lowest BCUT2D eigenvalue weighted by Gasteiger charge is -2.32. The molecule has 0 aromatic heterocycles. The molecule has 2 unspecified atom stereocenters. The van der Waals surface area contributed by atoms with Crippen LogP contribution in [0.15, 0.2) is 24.3 Å². The first-order valence-electron chi connectivity index (χ1n) is 7.80. The quantitative estimate of drug-likeness (QED) is 0.851. The van der Waals surface area contributed by atoms with E-state index in [1.54, 1.807) is 31.2 Å². The number of hydrogen-bond acceptors (Lipinski definition) is 3. The number of nitrogens with one attached hydrogen (secondary N) is 1. The Morgan fingerprint density at radius 3 is 2.50 bits per heavy atom. The molecule has 0 saturated carbocycles. The van der Waals surface area contributed by atoms with Gasteiger partial charge in [0, 0.05) is 18.5 Å². The van der Waals surface area contributed by atoms with Crippen molar-refractivity contribution in [2.75, 3.05) is 6.54 Å². The molecule has 2 rings (SSSR count). The number of carbonyl (C=O) groups is 3. The molecule has 6 nitrogen and oxygen atoms in total. The highest BCUT2D eigenvalue weighted by Gasteiger charge is 2.46. The third-order valence-corrected chi connectivity index (χ3v) is 4.68. The molecule has 2 atom stereocenters. The van der Waals surface area contributed by atoms with Gasteiger partial charge in [-0.15, -0.1) is 0 Å². The second-order valence-electron chi connectivity index (χ2n) is 6.24. The fourth-order valence-corrected chi connectivity index (χ4v) is 3.19. The summed E-state index contributed by atoms with van der Waals surface area (Å²) in [4.78, 5) is 37.1. The Kier molecular flexibility index (Phi) is 5.49. The minimum absolute atomic E-state index is 0.00405. The zero-order valence-corrected chi connectivity index (χ0v) is 14.5. The number of benzene rings is 1. The molecule has 7 heteroatoms. The Morgan fingerprint density at radius 2 is 1.96 bits per heavy atom. The number of likely N-dealkylation sites (tertiary alicyclic amines) is 1. The molecule has 0 spiro atoms. The maximum atomic E-state index is 12.7. The van der Waals surface area contributed by atoms with Crippen LogP contribution in [0.5, 0.6) is 0 Å². The molecule has 1 fully saturated rings. The second-order valence-corrected chi connectivity index (χ2v) is 6.67. The third kappa shape index (κ3) is 3.87. The van der Waals surface area contributed by atoms with Crippen molar-refractivity contribution in [2.45, 2.75) is 44.7 Å².